The zero-order chi connectivity index (χ0) is 14.7. The Kier molecular flexibility index (Phi) is 4.04. The summed E-state index contributed by atoms with van der Waals surface area (Å²) in [6.45, 7) is 6.06. The van der Waals surface area contributed by atoms with Gasteiger partial charge in [0.25, 0.3) is 0 Å². The van der Waals surface area contributed by atoms with E-state index in [1.807, 2.05) is 51.1 Å². The lowest BCUT2D eigenvalue weighted by molar-refractivity contribution is -0.130. The Bertz CT molecular complexity index is 644. The van der Waals surface area contributed by atoms with Gasteiger partial charge in [-0.2, -0.15) is 0 Å². The molecule has 0 saturated heterocycles. The van der Waals surface area contributed by atoms with Crippen molar-refractivity contribution in [2.45, 2.75) is 20.8 Å². The molecule has 0 unspecified atom stereocenters. The van der Waals surface area contributed by atoms with E-state index in [0.29, 0.717) is 5.57 Å². The van der Waals surface area contributed by atoms with Gasteiger partial charge in [0.2, 0.25) is 0 Å². The Balaban J connectivity index is 2.59. The fourth-order valence-corrected chi connectivity index (χ4v) is 2.45. The summed E-state index contributed by atoms with van der Waals surface area (Å²) in [5.41, 5.74) is 5.40. The Morgan fingerprint density at radius 2 is 1.55 bits per heavy atom. The van der Waals surface area contributed by atoms with E-state index in [0.717, 1.165) is 22.3 Å². The molecule has 2 heteroatoms. The second-order valence-electron chi connectivity index (χ2n) is 5.04. The summed E-state index contributed by atoms with van der Waals surface area (Å²) in [6.07, 6.45) is 1.77. The Hall–Kier alpha value is -2.35. The smallest absolute Gasteiger partial charge is 0.336 e. The summed E-state index contributed by atoms with van der Waals surface area (Å²) in [5.74, 6) is -0.907. The van der Waals surface area contributed by atoms with Gasteiger partial charge in [-0.1, -0.05) is 48.0 Å². The summed E-state index contributed by atoms with van der Waals surface area (Å²) in [4.78, 5) is 11.5. The van der Waals surface area contributed by atoms with Crippen molar-refractivity contribution < 1.29 is 9.90 Å². The zero-order valence-corrected chi connectivity index (χ0v) is 12.0. The van der Waals surface area contributed by atoms with Crippen LogP contribution in [0, 0.1) is 20.8 Å². The van der Waals surface area contributed by atoms with E-state index in [4.69, 9.17) is 0 Å². The number of aryl methyl sites for hydroxylation is 3. The van der Waals surface area contributed by atoms with Crippen LogP contribution in [-0.4, -0.2) is 11.1 Å². The molecule has 0 radical (unpaired) electrons. The van der Waals surface area contributed by atoms with Gasteiger partial charge < -0.3 is 5.11 Å². The van der Waals surface area contributed by atoms with Crippen LogP contribution in [0.15, 0.2) is 42.5 Å². The molecule has 0 aliphatic carbocycles. The molecule has 0 atom stereocenters. The van der Waals surface area contributed by atoms with Gasteiger partial charge in [-0.3, -0.25) is 0 Å². The highest BCUT2D eigenvalue weighted by Gasteiger charge is 2.11. The molecule has 20 heavy (non-hydrogen) atoms. The van der Waals surface area contributed by atoms with Crippen molar-refractivity contribution in [1.29, 1.82) is 0 Å². The summed E-state index contributed by atoms with van der Waals surface area (Å²) in [5, 5.41) is 9.46. The number of benzene rings is 2. The van der Waals surface area contributed by atoms with Crippen molar-refractivity contribution in [3.8, 4) is 0 Å². The van der Waals surface area contributed by atoms with Gasteiger partial charge in [0.05, 0.1) is 5.57 Å². The molecule has 1 N–H and O–H groups in total. The highest BCUT2D eigenvalue weighted by Crippen LogP contribution is 2.24. The minimum Gasteiger partial charge on any atom is -0.478 e. The molecule has 0 aliphatic rings. The van der Waals surface area contributed by atoms with Crippen molar-refractivity contribution >= 4 is 17.6 Å². The fourth-order valence-electron chi connectivity index (χ4n) is 2.45. The molecule has 0 aromatic heterocycles. The first-order valence-electron chi connectivity index (χ1n) is 6.57. The molecule has 0 fully saturated rings. The molecule has 0 saturated carbocycles. The zero-order valence-electron chi connectivity index (χ0n) is 12.0. The molecule has 2 aromatic carbocycles. The lowest BCUT2D eigenvalue weighted by atomic mass is 9.95. The normalized spacial score (nSPS) is 11.4. The highest BCUT2D eigenvalue weighted by molar-refractivity contribution is 6.20. The number of rotatable bonds is 3. The highest BCUT2D eigenvalue weighted by atomic mass is 16.4. The van der Waals surface area contributed by atoms with Crippen LogP contribution in [0.4, 0.5) is 0 Å². The maximum atomic E-state index is 11.5. The molecule has 2 aromatic rings. The van der Waals surface area contributed by atoms with E-state index < -0.39 is 5.97 Å². The van der Waals surface area contributed by atoms with Gasteiger partial charge >= 0.3 is 5.97 Å². The molecule has 0 heterocycles. The minimum atomic E-state index is -0.907. The topological polar surface area (TPSA) is 37.3 Å². The Morgan fingerprint density at radius 3 is 2.05 bits per heavy atom. The van der Waals surface area contributed by atoms with Crippen molar-refractivity contribution in [3.63, 3.8) is 0 Å². The number of carbonyl (C=O) groups is 1. The van der Waals surface area contributed by atoms with Gasteiger partial charge in [-0.25, -0.2) is 4.79 Å². The summed E-state index contributed by atoms with van der Waals surface area (Å²) in [6, 6.07) is 13.4. The van der Waals surface area contributed by atoms with E-state index in [-0.39, 0.29) is 0 Å². The standard InChI is InChI=1S/C18H18O2/c1-12-9-13(2)16(14(3)10-12)11-17(18(19)20)15-7-5-4-6-8-15/h4-11H,1-3H3,(H,19,20). The Labute approximate surface area is 119 Å². The predicted octanol–water partition coefficient (Wildman–Crippen LogP) is 4.24. The van der Waals surface area contributed by atoms with Crippen LogP contribution in [0.25, 0.3) is 11.6 Å². The SMILES string of the molecule is Cc1cc(C)c(C=C(C(=O)O)c2ccccc2)c(C)c1. The van der Waals surface area contributed by atoms with Crippen LogP contribution in [0.3, 0.4) is 0 Å². The molecule has 0 aliphatic heterocycles. The van der Waals surface area contributed by atoms with Crippen LogP contribution >= 0.6 is 0 Å². The monoisotopic (exact) mass is 266 g/mol. The van der Waals surface area contributed by atoms with Crippen LogP contribution < -0.4 is 0 Å². The van der Waals surface area contributed by atoms with Crippen molar-refractivity contribution in [2.75, 3.05) is 0 Å². The van der Waals surface area contributed by atoms with E-state index in [1.54, 1.807) is 6.08 Å². The number of aliphatic carboxylic acids is 1. The molecular formula is C18H18O2. The van der Waals surface area contributed by atoms with Gasteiger partial charge in [0.15, 0.2) is 0 Å². The number of carboxylic acids is 1. The van der Waals surface area contributed by atoms with Crippen LogP contribution in [0.1, 0.15) is 27.8 Å². The number of hydrogen-bond acceptors (Lipinski definition) is 1. The second-order valence-corrected chi connectivity index (χ2v) is 5.04. The quantitative estimate of drug-likeness (QED) is 0.666. The average Bonchev–Trinajstić information content (AvgIpc) is 2.38. The second kappa shape index (κ2) is 5.74. The van der Waals surface area contributed by atoms with Crippen LogP contribution in [0.2, 0.25) is 0 Å². The average molecular weight is 266 g/mol. The number of hydrogen-bond donors (Lipinski definition) is 1. The first-order chi connectivity index (χ1) is 9.49. The lowest BCUT2D eigenvalue weighted by Gasteiger charge is -2.09. The van der Waals surface area contributed by atoms with Gasteiger partial charge in [0, 0.05) is 0 Å². The third-order valence-electron chi connectivity index (χ3n) is 3.34. The third kappa shape index (κ3) is 2.97. The predicted molar refractivity (Wildman–Crippen MR) is 82.6 cm³/mol. The van der Waals surface area contributed by atoms with Crippen LogP contribution in [0.5, 0.6) is 0 Å². The lowest BCUT2D eigenvalue weighted by Crippen LogP contribution is -2.00. The molecule has 0 bridgehead atoms. The third-order valence-corrected chi connectivity index (χ3v) is 3.34. The van der Waals surface area contributed by atoms with E-state index in [9.17, 15) is 9.90 Å². The van der Waals surface area contributed by atoms with Gasteiger partial charge in [0.1, 0.15) is 0 Å². The first kappa shape index (κ1) is 14.1. The summed E-state index contributed by atoms with van der Waals surface area (Å²) >= 11 is 0. The summed E-state index contributed by atoms with van der Waals surface area (Å²) < 4.78 is 0. The molecule has 2 rings (SSSR count). The van der Waals surface area contributed by atoms with E-state index >= 15 is 0 Å². The van der Waals surface area contributed by atoms with Gasteiger partial charge in [-0.05, 0) is 49.1 Å². The van der Waals surface area contributed by atoms with E-state index in [1.165, 1.54) is 5.56 Å². The van der Waals surface area contributed by atoms with Crippen molar-refractivity contribution in [2.24, 2.45) is 0 Å². The molecular weight excluding hydrogens is 248 g/mol. The summed E-state index contributed by atoms with van der Waals surface area (Å²) in [7, 11) is 0. The molecule has 0 spiro atoms. The first-order valence-corrected chi connectivity index (χ1v) is 6.57. The maximum absolute atomic E-state index is 11.5. The van der Waals surface area contributed by atoms with Crippen molar-refractivity contribution in [3.05, 3.63) is 70.3 Å². The Morgan fingerprint density at radius 1 is 1.00 bits per heavy atom. The maximum Gasteiger partial charge on any atom is 0.336 e. The molecule has 0 amide bonds. The van der Waals surface area contributed by atoms with Crippen molar-refractivity contribution in [1.82, 2.24) is 0 Å². The molecule has 102 valence electrons. The largest absolute Gasteiger partial charge is 0.478 e. The molecule has 2 nitrogen and oxygen atoms in total. The fraction of sp³-hybridized carbons (Fsp3) is 0.167. The minimum absolute atomic E-state index is 0.320. The van der Waals surface area contributed by atoms with Crippen LogP contribution in [-0.2, 0) is 4.79 Å². The van der Waals surface area contributed by atoms with E-state index in [2.05, 4.69) is 12.1 Å². The van der Waals surface area contributed by atoms with Gasteiger partial charge in [-0.15, -0.1) is 0 Å². The number of carboxylic acid groups (broad SMARTS) is 1.